The van der Waals surface area contributed by atoms with Gasteiger partial charge in [0.1, 0.15) is 0 Å². The summed E-state index contributed by atoms with van der Waals surface area (Å²) >= 11 is 0. The second-order valence-corrected chi connectivity index (χ2v) is 6.31. The minimum atomic E-state index is -0.316. The summed E-state index contributed by atoms with van der Waals surface area (Å²) in [6.07, 6.45) is 12.9. The smallest absolute Gasteiger partial charge is 0.306 e. The van der Waals surface area contributed by atoms with Crippen LogP contribution in [0.3, 0.4) is 0 Å². The predicted octanol–water partition coefficient (Wildman–Crippen LogP) is 5.00. The molecule has 0 rings (SSSR count). The third-order valence-electron chi connectivity index (χ3n) is 3.81. The molecule has 0 heterocycles. The molecule has 0 aromatic carbocycles. The summed E-state index contributed by atoms with van der Waals surface area (Å²) in [6.45, 7) is 5.90. The van der Waals surface area contributed by atoms with E-state index >= 15 is 0 Å². The summed E-state index contributed by atoms with van der Waals surface area (Å²) in [7, 11) is 0. The van der Waals surface area contributed by atoms with Gasteiger partial charge in [0.15, 0.2) is 0 Å². The predicted molar refractivity (Wildman–Crippen MR) is 88.3 cm³/mol. The lowest BCUT2D eigenvalue weighted by Gasteiger charge is -2.14. The zero-order valence-electron chi connectivity index (χ0n) is 14.4. The average molecular weight is 300 g/mol. The quantitative estimate of drug-likeness (QED) is 0.363. The van der Waals surface area contributed by atoms with Gasteiger partial charge in [0.25, 0.3) is 0 Å². The van der Waals surface area contributed by atoms with Gasteiger partial charge in [0.2, 0.25) is 0 Å². The fourth-order valence-corrected chi connectivity index (χ4v) is 2.40. The van der Waals surface area contributed by atoms with Gasteiger partial charge in [-0.05, 0) is 33.1 Å². The normalized spacial score (nSPS) is 13.9. The molecule has 1 N–H and O–H groups in total. The van der Waals surface area contributed by atoms with Crippen LogP contribution in [0.5, 0.6) is 0 Å². The largest absolute Gasteiger partial charge is 0.463 e. The third kappa shape index (κ3) is 15.6. The molecule has 0 aliphatic heterocycles. The second kappa shape index (κ2) is 14.4. The zero-order valence-corrected chi connectivity index (χ0v) is 14.4. The minimum absolute atomic E-state index is 0.0781. The van der Waals surface area contributed by atoms with E-state index in [4.69, 9.17) is 4.74 Å². The standard InChI is InChI=1S/C18H36O3/c1-4-5-6-7-8-9-10-11-12-13-18(20)21-17(3)15-14-16(2)19/h16-17,19H,4-15H2,1-3H3. The highest BCUT2D eigenvalue weighted by Crippen LogP contribution is 2.12. The van der Waals surface area contributed by atoms with E-state index in [-0.39, 0.29) is 18.2 Å². The van der Waals surface area contributed by atoms with Crippen LogP contribution in [0.4, 0.5) is 0 Å². The summed E-state index contributed by atoms with van der Waals surface area (Å²) < 4.78 is 5.32. The van der Waals surface area contributed by atoms with Crippen molar-refractivity contribution in [1.82, 2.24) is 0 Å². The molecule has 21 heavy (non-hydrogen) atoms. The van der Waals surface area contributed by atoms with Crippen LogP contribution in [0.2, 0.25) is 0 Å². The van der Waals surface area contributed by atoms with Gasteiger partial charge in [-0.3, -0.25) is 4.79 Å². The first-order chi connectivity index (χ1) is 10.1. The summed E-state index contributed by atoms with van der Waals surface area (Å²) in [5.74, 6) is -0.0870. The van der Waals surface area contributed by atoms with Gasteiger partial charge in [0, 0.05) is 6.42 Å². The molecule has 3 nitrogen and oxygen atoms in total. The van der Waals surface area contributed by atoms with Crippen molar-refractivity contribution >= 4 is 5.97 Å². The van der Waals surface area contributed by atoms with E-state index in [2.05, 4.69) is 6.92 Å². The number of ether oxygens (including phenoxy) is 1. The fourth-order valence-electron chi connectivity index (χ4n) is 2.40. The van der Waals surface area contributed by atoms with Gasteiger partial charge in [-0.15, -0.1) is 0 Å². The number of hydrogen-bond donors (Lipinski definition) is 1. The summed E-state index contributed by atoms with van der Waals surface area (Å²) in [4.78, 5) is 11.6. The Bertz CT molecular complexity index is 239. The highest BCUT2D eigenvalue weighted by molar-refractivity contribution is 5.69. The molecule has 0 amide bonds. The maximum atomic E-state index is 11.6. The van der Waals surface area contributed by atoms with E-state index < -0.39 is 0 Å². The van der Waals surface area contributed by atoms with E-state index in [0.717, 1.165) is 19.3 Å². The third-order valence-corrected chi connectivity index (χ3v) is 3.81. The van der Waals surface area contributed by atoms with Crippen molar-refractivity contribution in [3.8, 4) is 0 Å². The molecule has 0 aromatic rings. The molecular formula is C18H36O3. The number of carbonyl (C=O) groups excluding carboxylic acids is 1. The second-order valence-electron chi connectivity index (χ2n) is 6.31. The van der Waals surface area contributed by atoms with E-state index in [9.17, 15) is 9.90 Å². The Morgan fingerprint density at radius 1 is 0.905 bits per heavy atom. The molecule has 2 atom stereocenters. The number of rotatable bonds is 14. The minimum Gasteiger partial charge on any atom is -0.463 e. The van der Waals surface area contributed by atoms with Crippen LogP contribution < -0.4 is 0 Å². The van der Waals surface area contributed by atoms with Crippen LogP contribution in [-0.4, -0.2) is 23.3 Å². The monoisotopic (exact) mass is 300 g/mol. The Balaban J connectivity index is 3.33. The first-order valence-electron chi connectivity index (χ1n) is 8.93. The number of aliphatic hydroxyl groups excluding tert-OH is 1. The van der Waals surface area contributed by atoms with Crippen molar-refractivity contribution in [2.45, 2.75) is 110 Å². The van der Waals surface area contributed by atoms with Gasteiger partial charge in [-0.1, -0.05) is 58.3 Å². The summed E-state index contributed by atoms with van der Waals surface area (Å²) in [5, 5.41) is 9.19. The molecule has 0 aliphatic carbocycles. The van der Waals surface area contributed by atoms with Gasteiger partial charge < -0.3 is 9.84 Å². The Morgan fingerprint density at radius 2 is 1.43 bits per heavy atom. The number of unbranched alkanes of at least 4 members (excludes halogenated alkanes) is 8. The molecule has 0 fully saturated rings. The molecule has 0 saturated heterocycles. The topological polar surface area (TPSA) is 46.5 Å². The van der Waals surface area contributed by atoms with Crippen LogP contribution >= 0.6 is 0 Å². The molecule has 0 aromatic heterocycles. The van der Waals surface area contributed by atoms with E-state index in [1.807, 2.05) is 6.92 Å². The average Bonchev–Trinajstić information content (AvgIpc) is 2.43. The van der Waals surface area contributed by atoms with Crippen LogP contribution in [0.1, 0.15) is 97.8 Å². The van der Waals surface area contributed by atoms with Gasteiger partial charge in [-0.2, -0.15) is 0 Å². The SMILES string of the molecule is CCCCCCCCCCCC(=O)OC(C)CCC(C)O. The summed E-state index contributed by atoms with van der Waals surface area (Å²) in [5.41, 5.74) is 0. The van der Waals surface area contributed by atoms with Gasteiger partial charge in [-0.25, -0.2) is 0 Å². The van der Waals surface area contributed by atoms with Gasteiger partial charge in [0.05, 0.1) is 12.2 Å². The number of aliphatic hydroxyl groups is 1. The first kappa shape index (κ1) is 20.4. The van der Waals surface area contributed by atoms with E-state index in [1.165, 1.54) is 44.9 Å². The fraction of sp³-hybridized carbons (Fsp3) is 0.944. The van der Waals surface area contributed by atoms with Crippen LogP contribution in [0, 0.1) is 0 Å². The molecule has 0 bridgehead atoms. The molecular weight excluding hydrogens is 264 g/mol. The molecule has 0 saturated carbocycles. The van der Waals surface area contributed by atoms with Gasteiger partial charge >= 0.3 is 5.97 Å². The lowest BCUT2D eigenvalue weighted by atomic mass is 10.1. The van der Waals surface area contributed by atoms with Crippen LogP contribution in [0.15, 0.2) is 0 Å². The first-order valence-corrected chi connectivity index (χ1v) is 8.93. The molecule has 0 aliphatic rings. The Morgan fingerprint density at radius 3 is 1.95 bits per heavy atom. The van der Waals surface area contributed by atoms with E-state index in [0.29, 0.717) is 12.8 Å². The Kier molecular flexibility index (Phi) is 14.0. The molecule has 3 heteroatoms. The molecule has 2 unspecified atom stereocenters. The molecule has 0 spiro atoms. The Labute approximate surface area is 131 Å². The van der Waals surface area contributed by atoms with Crippen molar-refractivity contribution in [1.29, 1.82) is 0 Å². The van der Waals surface area contributed by atoms with Crippen molar-refractivity contribution < 1.29 is 14.6 Å². The maximum absolute atomic E-state index is 11.6. The zero-order chi connectivity index (χ0) is 15.9. The Hall–Kier alpha value is -0.570. The highest BCUT2D eigenvalue weighted by atomic mass is 16.5. The lowest BCUT2D eigenvalue weighted by Crippen LogP contribution is -2.16. The lowest BCUT2D eigenvalue weighted by molar-refractivity contribution is -0.148. The maximum Gasteiger partial charge on any atom is 0.306 e. The molecule has 0 radical (unpaired) electrons. The van der Waals surface area contributed by atoms with Crippen LogP contribution in [-0.2, 0) is 9.53 Å². The van der Waals surface area contributed by atoms with Crippen molar-refractivity contribution in [3.63, 3.8) is 0 Å². The van der Waals surface area contributed by atoms with E-state index in [1.54, 1.807) is 6.92 Å². The molecule has 126 valence electrons. The number of carbonyl (C=O) groups is 1. The number of esters is 1. The van der Waals surface area contributed by atoms with Crippen molar-refractivity contribution in [2.24, 2.45) is 0 Å². The van der Waals surface area contributed by atoms with Crippen LogP contribution in [0.25, 0.3) is 0 Å². The highest BCUT2D eigenvalue weighted by Gasteiger charge is 2.10. The van der Waals surface area contributed by atoms with Crippen molar-refractivity contribution in [2.75, 3.05) is 0 Å². The number of hydrogen-bond acceptors (Lipinski definition) is 3. The van der Waals surface area contributed by atoms with Crippen molar-refractivity contribution in [3.05, 3.63) is 0 Å². The summed E-state index contributed by atoms with van der Waals surface area (Å²) in [6, 6.07) is 0.